The molecule has 0 aliphatic heterocycles. The Morgan fingerprint density at radius 2 is 2.18 bits per heavy atom. The fourth-order valence-electron chi connectivity index (χ4n) is 1.61. The lowest BCUT2D eigenvalue weighted by atomic mass is 10.1. The Hall–Kier alpha value is -1.16. The van der Waals surface area contributed by atoms with Crippen LogP contribution in [0.5, 0.6) is 0 Å². The minimum atomic E-state index is -0.169. The van der Waals surface area contributed by atoms with Crippen LogP contribution in [-0.2, 0) is 0 Å². The van der Waals surface area contributed by atoms with Crippen molar-refractivity contribution in [2.75, 3.05) is 0 Å². The van der Waals surface area contributed by atoms with Gasteiger partial charge in [0.1, 0.15) is 5.82 Å². The van der Waals surface area contributed by atoms with Gasteiger partial charge in [0.25, 0.3) is 0 Å². The second kappa shape index (κ2) is 5.00. The van der Waals surface area contributed by atoms with Gasteiger partial charge in [-0.15, -0.1) is 0 Å². The molecule has 1 fully saturated rings. The Labute approximate surface area is 107 Å². The van der Waals surface area contributed by atoms with Gasteiger partial charge in [0.05, 0.1) is 6.04 Å². The largest absolute Gasteiger partial charge is 0.360 e. The third-order valence-corrected chi connectivity index (χ3v) is 3.19. The monoisotopic (exact) mass is 252 g/mol. The molecule has 0 aromatic heterocycles. The van der Waals surface area contributed by atoms with Crippen molar-refractivity contribution in [2.24, 2.45) is 0 Å². The van der Waals surface area contributed by atoms with Crippen LogP contribution in [0.25, 0.3) is 0 Å². The van der Waals surface area contributed by atoms with Gasteiger partial charge in [-0.2, -0.15) is 0 Å². The molecule has 1 unspecified atom stereocenters. The normalized spacial score (nSPS) is 16.4. The lowest BCUT2D eigenvalue weighted by Gasteiger charge is -2.17. The Kier molecular flexibility index (Phi) is 3.62. The van der Waals surface area contributed by atoms with Crippen molar-refractivity contribution < 1.29 is 4.39 Å². The molecular formula is C13H17FN2S. The van der Waals surface area contributed by atoms with Gasteiger partial charge in [0, 0.05) is 6.04 Å². The second-order valence-corrected chi connectivity index (χ2v) is 5.03. The van der Waals surface area contributed by atoms with E-state index in [0.717, 1.165) is 5.56 Å². The van der Waals surface area contributed by atoms with Crippen LogP contribution in [0.3, 0.4) is 0 Å². The number of thiocarbonyl (C=S) groups is 1. The average Bonchev–Trinajstić information content (AvgIpc) is 3.05. The van der Waals surface area contributed by atoms with Gasteiger partial charge in [0.2, 0.25) is 0 Å². The van der Waals surface area contributed by atoms with E-state index in [0.29, 0.717) is 16.7 Å². The molecule has 1 atom stereocenters. The summed E-state index contributed by atoms with van der Waals surface area (Å²) in [6.07, 6.45) is 2.38. The molecule has 2 N–H and O–H groups in total. The zero-order valence-electron chi connectivity index (χ0n) is 10.1. The predicted molar refractivity (Wildman–Crippen MR) is 71.4 cm³/mol. The van der Waals surface area contributed by atoms with Crippen molar-refractivity contribution in [3.63, 3.8) is 0 Å². The maximum atomic E-state index is 13.4. The van der Waals surface area contributed by atoms with Crippen LogP contribution in [0.15, 0.2) is 18.2 Å². The summed E-state index contributed by atoms with van der Waals surface area (Å²) in [5.74, 6) is -0.169. The van der Waals surface area contributed by atoms with E-state index in [1.165, 1.54) is 12.8 Å². The lowest BCUT2D eigenvalue weighted by molar-refractivity contribution is 0.608. The van der Waals surface area contributed by atoms with Crippen molar-refractivity contribution >= 4 is 17.3 Å². The maximum absolute atomic E-state index is 13.4. The summed E-state index contributed by atoms with van der Waals surface area (Å²) in [7, 11) is 0. The molecule has 4 heteroatoms. The van der Waals surface area contributed by atoms with E-state index in [9.17, 15) is 4.39 Å². The molecule has 1 aliphatic carbocycles. The zero-order valence-corrected chi connectivity index (χ0v) is 10.9. The highest BCUT2D eigenvalue weighted by molar-refractivity contribution is 7.80. The van der Waals surface area contributed by atoms with Gasteiger partial charge in [-0.25, -0.2) is 4.39 Å². The standard InChI is InChI=1S/C13H17FN2S/c1-8-3-4-10(7-12(8)14)9(2)15-13(17)16-11-5-6-11/h3-4,7,9,11H,5-6H2,1-2H3,(H2,15,16,17). The topological polar surface area (TPSA) is 24.1 Å². The fourth-order valence-corrected chi connectivity index (χ4v) is 1.96. The van der Waals surface area contributed by atoms with Crippen LogP contribution >= 0.6 is 12.2 Å². The van der Waals surface area contributed by atoms with Crippen LogP contribution < -0.4 is 10.6 Å². The molecule has 1 aromatic rings. The average molecular weight is 252 g/mol. The summed E-state index contributed by atoms with van der Waals surface area (Å²) in [4.78, 5) is 0. The first-order valence-electron chi connectivity index (χ1n) is 5.89. The van der Waals surface area contributed by atoms with Gasteiger partial charge < -0.3 is 10.6 Å². The molecule has 92 valence electrons. The van der Waals surface area contributed by atoms with Gasteiger partial charge in [0.15, 0.2) is 5.11 Å². The number of hydrogen-bond acceptors (Lipinski definition) is 1. The first kappa shape index (κ1) is 12.3. The van der Waals surface area contributed by atoms with Crippen molar-refractivity contribution in [3.8, 4) is 0 Å². The second-order valence-electron chi connectivity index (χ2n) is 4.62. The smallest absolute Gasteiger partial charge is 0.166 e. The summed E-state index contributed by atoms with van der Waals surface area (Å²) in [5.41, 5.74) is 1.58. The summed E-state index contributed by atoms with van der Waals surface area (Å²) in [5, 5.41) is 7.03. The maximum Gasteiger partial charge on any atom is 0.166 e. The third-order valence-electron chi connectivity index (χ3n) is 2.96. The van der Waals surface area contributed by atoms with Crippen molar-refractivity contribution in [1.82, 2.24) is 10.6 Å². The van der Waals surface area contributed by atoms with Gasteiger partial charge >= 0.3 is 0 Å². The number of rotatable bonds is 3. The van der Waals surface area contributed by atoms with Crippen molar-refractivity contribution in [3.05, 3.63) is 35.1 Å². The Bertz CT molecular complexity index is 429. The highest BCUT2D eigenvalue weighted by Gasteiger charge is 2.22. The Balaban J connectivity index is 1.95. The van der Waals surface area contributed by atoms with E-state index >= 15 is 0 Å². The summed E-state index contributed by atoms with van der Waals surface area (Å²) in [6.45, 7) is 3.74. The summed E-state index contributed by atoms with van der Waals surface area (Å²) >= 11 is 5.19. The van der Waals surface area contributed by atoms with E-state index in [1.807, 2.05) is 13.0 Å². The van der Waals surface area contributed by atoms with Crippen LogP contribution in [-0.4, -0.2) is 11.2 Å². The molecular weight excluding hydrogens is 235 g/mol. The SMILES string of the molecule is Cc1ccc(C(C)NC(=S)NC2CC2)cc1F. The molecule has 0 amide bonds. The molecule has 0 spiro atoms. The van der Waals surface area contributed by atoms with Gasteiger partial charge in [-0.1, -0.05) is 12.1 Å². The highest BCUT2D eigenvalue weighted by atomic mass is 32.1. The Morgan fingerprint density at radius 1 is 1.47 bits per heavy atom. The summed E-state index contributed by atoms with van der Waals surface area (Å²) < 4.78 is 13.4. The number of benzene rings is 1. The molecule has 0 heterocycles. The van der Waals surface area contributed by atoms with Gasteiger partial charge in [-0.3, -0.25) is 0 Å². The van der Waals surface area contributed by atoms with Crippen molar-refractivity contribution in [1.29, 1.82) is 0 Å². The van der Waals surface area contributed by atoms with E-state index in [-0.39, 0.29) is 11.9 Å². The number of nitrogens with one attached hydrogen (secondary N) is 2. The first-order valence-corrected chi connectivity index (χ1v) is 6.30. The molecule has 1 aliphatic rings. The third kappa shape index (κ3) is 3.40. The number of hydrogen-bond donors (Lipinski definition) is 2. The molecule has 1 aromatic carbocycles. The number of halogens is 1. The van der Waals surface area contributed by atoms with Gasteiger partial charge in [-0.05, 0) is 56.1 Å². The summed E-state index contributed by atoms with van der Waals surface area (Å²) in [6, 6.07) is 5.84. The minimum Gasteiger partial charge on any atom is -0.360 e. The Morgan fingerprint density at radius 3 is 2.76 bits per heavy atom. The van der Waals surface area contributed by atoms with E-state index in [4.69, 9.17) is 12.2 Å². The van der Waals surface area contributed by atoms with Crippen LogP contribution in [0, 0.1) is 12.7 Å². The van der Waals surface area contributed by atoms with Crippen molar-refractivity contribution in [2.45, 2.75) is 38.8 Å². The molecule has 17 heavy (non-hydrogen) atoms. The number of aryl methyl sites for hydroxylation is 1. The van der Waals surface area contributed by atoms with Crippen LogP contribution in [0.2, 0.25) is 0 Å². The van der Waals surface area contributed by atoms with E-state index in [1.54, 1.807) is 19.1 Å². The molecule has 2 rings (SSSR count). The van der Waals surface area contributed by atoms with E-state index < -0.39 is 0 Å². The molecule has 2 nitrogen and oxygen atoms in total. The molecule has 0 radical (unpaired) electrons. The minimum absolute atomic E-state index is 0.0175. The quantitative estimate of drug-likeness (QED) is 0.809. The van der Waals surface area contributed by atoms with E-state index in [2.05, 4.69) is 10.6 Å². The predicted octanol–water partition coefficient (Wildman–Crippen LogP) is 2.82. The fraction of sp³-hybridized carbons (Fsp3) is 0.462. The van der Waals surface area contributed by atoms with Crippen LogP contribution in [0.1, 0.15) is 36.9 Å². The molecule has 0 bridgehead atoms. The van der Waals surface area contributed by atoms with Crippen LogP contribution in [0.4, 0.5) is 4.39 Å². The lowest BCUT2D eigenvalue weighted by Crippen LogP contribution is -2.37. The molecule has 0 saturated heterocycles. The first-order chi connectivity index (χ1) is 8.06. The highest BCUT2D eigenvalue weighted by Crippen LogP contribution is 2.19. The zero-order chi connectivity index (χ0) is 12.4. The molecule has 1 saturated carbocycles.